The first kappa shape index (κ1) is 14.0. The Hall–Kier alpha value is -0.910. The molecule has 3 nitrogen and oxygen atoms in total. The van der Waals surface area contributed by atoms with Gasteiger partial charge in [-0.15, -0.1) is 22.9 Å². The molecule has 3 rings (SSSR count). The van der Waals surface area contributed by atoms with Gasteiger partial charge in [-0.1, -0.05) is 0 Å². The van der Waals surface area contributed by atoms with E-state index in [2.05, 4.69) is 21.8 Å². The number of nitrogens with zero attached hydrogens (tertiary/aromatic N) is 2. The first-order chi connectivity index (χ1) is 9.76. The van der Waals surface area contributed by atoms with Crippen LogP contribution in [0.2, 0.25) is 0 Å². The average Bonchev–Trinajstić information content (AvgIpc) is 2.98. The van der Waals surface area contributed by atoms with Gasteiger partial charge in [-0.25, -0.2) is 4.98 Å². The molecule has 2 heterocycles. The predicted octanol–water partition coefficient (Wildman–Crippen LogP) is 3.68. The maximum Gasteiger partial charge on any atom is 0.230 e. The summed E-state index contributed by atoms with van der Waals surface area (Å²) in [6, 6.07) is 2.51. The normalized spacial score (nSPS) is 14.4. The quantitative estimate of drug-likeness (QED) is 0.759. The summed E-state index contributed by atoms with van der Waals surface area (Å²) in [5.41, 5.74) is 2.08. The van der Waals surface area contributed by atoms with Crippen molar-refractivity contribution < 1.29 is 4.79 Å². The van der Waals surface area contributed by atoms with E-state index >= 15 is 0 Å². The molecule has 2 aromatic rings. The van der Waals surface area contributed by atoms with Crippen molar-refractivity contribution in [1.82, 2.24) is 9.88 Å². The van der Waals surface area contributed by atoms with Gasteiger partial charge in [0, 0.05) is 18.0 Å². The molecule has 0 saturated heterocycles. The lowest BCUT2D eigenvalue weighted by Gasteiger charge is -2.21. The summed E-state index contributed by atoms with van der Waals surface area (Å²) in [7, 11) is 0. The Morgan fingerprint density at radius 1 is 1.45 bits per heavy atom. The van der Waals surface area contributed by atoms with Crippen LogP contribution in [-0.4, -0.2) is 21.8 Å². The number of rotatable bonds is 6. The number of thiazole rings is 1. The van der Waals surface area contributed by atoms with Crippen LogP contribution in [0.3, 0.4) is 0 Å². The zero-order chi connectivity index (χ0) is 13.9. The molecular formula is C14H15ClN2OS2. The van der Waals surface area contributed by atoms with Crippen molar-refractivity contribution in [2.24, 2.45) is 0 Å². The predicted molar refractivity (Wildman–Crippen MR) is 83.3 cm³/mol. The lowest BCUT2D eigenvalue weighted by molar-refractivity contribution is -0.131. The van der Waals surface area contributed by atoms with E-state index < -0.39 is 0 Å². The molecule has 0 spiro atoms. The van der Waals surface area contributed by atoms with Gasteiger partial charge >= 0.3 is 0 Å². The molecule has 1 aliphatic rings. The van der Waals surface area contributed by atoms with Crippen molar-refractivity contribution in [2.45, 2.75) is 37.7 Å². The third-order valence-electron chi connectivity index (χ3n) is 3.28. The highest BCUT2D eigenvalue weighted by atomic mass is 35.5. The van der Waals surface area contributed by atoms with Crippen LogP contribution in [-0.2, 0) is 23.6 Å². The number of halogens is 1. The Labute approximate surface area is 131 Å². The fourth-order valence-electron chi connectivity index (χ4n) is 2.11. The highest BCUT2D eigenvalue weighted by Crippen LogP contribution is 2.29. The van der Waals surface area contributed by atoms with Crippen molar-refractivity contribution in [3.63, 3.8) is 0 Å². The summed E-state index contributed by atoms with van der Waals surface area (Å²) in [6.07, 6.45) is 2.64. The van der Waals surface area contributed by atoms with Crippen LogP contribution in [0.5, 0.6) is 0 Å². The number of carbonyl (C=O) groups excluding carboxylic acids is 1. The molecule has 6 heteroatoms. The molecule has 0 radical (unpaired) electrons. The zero-order valence-corrected chi connectivity index (χ0v) is 13.3. The lowest BCUT2D eigenvalue weighted by Crippen LogP contribution is -2.33. The van der Waals surface area contributed by atoms with Gasteiger partial charge in [0.15, 0.2) is 0 Å². The van der Waals surface area contributed by atoms with E-state index in [4.69, 9.17) is 11.6 Å². The summed E-state index contributed by atoms with van der Waals surface area (Å²) < 4.78 is 0. The minimum absolute atomic E-state index is 0.175. The molecule has 0 N–H and O–H groups in total. The second-order valence-electron chi connectivity index (χ2n) is 4.93. The van der Waals surface area contributed by atoms with Crippen molar-refractivity contribution >= 4 is 40.2 Å². The highest BCUT2D eigenvalue weighted by Gasteiger charge is 2.32. The van der Waals surface area contributed by atoms with Crippen LogP contribution in [0.4, 0.5) is 0 Å². The van der Waals surface area contributed by atoms with Crippen LogP contribution in [0.15, 0.2) is 22.2 Å². The number of hydrogen-bond acceptors (Lipinski definition) is 4. The molecule has 1 fully saturated rings. The van der Waals surface area contributed by atoms with Gasteiger partial charge in [-0.2, -0.15) is 11.3 Å². The molecule has 20 heavy (non-hydrogen) atoms. The summed E-state index contributed by atoms with van der Waals surface area (Å²) in [5.74, 6) is 0.584. The third-order valence-corrected chi connectivity index (χ3v) is 5.18. The van der Waals surface area contributed by atoms with Gasteiger partial charge in [0.25, 0.3) is 0 Å². The van der Waals surface area contributed by atoms with Crippen molar-refractivity contribution in [2.75, 3.05) is 0 Å². The largest absolute Gasteiger partial charge is 0.335 e. The number of carbonyl (C=O) groups is 1. The molecule has 0 atom stereocenters. The van der Waals surface area contributed by atoms with E-state index in [-0.39, 0.29) is 5.91 Å². The Morgan fingerprint density at radius 2 is 2.30 bits per heavy atom. The maximum absolute atomic E-state index is 12.5. The molecule has 1 aliphatic carbocycles. The zero-order valence-electron chi connectivity index (χ0n) is 10.9. The van der Waals surface area contributed by atoms with Crippen LogP contribution in [0.25, 0.3) is 0 Å². The van der Waals surface area contributed by atoms with Gasteiger partial charge < -0.3 is 4.90 Å². The van der Waals surface area contributed by atoms with Gasteiger partial charge in [0.1, 0.15) is 5.01 Å². The molecule has 2 aromatic heterocycles. The van der Waals surface area contributed by atoms with Gasteiger partial charge in [0.2, 0.25) is 5.91 Å². The summed E-state index contributed by atoms with van der Waals surface area (Å²) in [6.45, 7) is 0.723. The van der Waals surface area contributed by atoms with E-state index in [1.54, 1.807) is 11.3 Å². The van der Waals surface area contributed by atoms with Crippen LogP contribution < -0.4 is 0 Å². The Balaban J connectivity index is 1.66. The standard InChI is InChI=1S/C14H15ClN2OS2/c15-6-11-9-20-13(16-11)5-14(18)17(12-1-2-12)7-10-3-4-19-8-10/h3-4,8-9,12H,1-2,5-7H2. The summed E-state index contributed by atoms with van der Waals surface area (Å²) in [5, 5.41) is 6.95. The number of alkyl halides is 1. The fourth-order valence-corrected chi connectivity index (χ4v) is 3.78. The van der Waals surface area contributed by atoms with Gasteiger partial charge in [-0.05, 0) is 35.2 Å². The molecule has 0 aliphatic heterocycles. The van der Waals surface area contributed by atoms with E-state index in [0.717, 1.165) is 30.1 Å². The minimum atomic E-state index is 0.175. The average molecular weight is 327 g/mol. The Morgan fingerprint density at radius 3 is 2.90 bits per heavy atom. The monoisotopic (exact) mass is 326 g/mol. The molecule has 1 amide bonds. The summed E-state index contributed by atoms with van der Waals surface area (Å²) >= 11 is 8.94. The third kappa shape index (κ3) is 3.40. The molecule has 1 saturated carbocycles. The Kier molecular flexibility index (Phi) is 4.38. The maximum atomic E-state index is 12.5. The van der Waals surface area contributed by atoms with Crippen molar-refractivity contribution in [1.29, 1.82) is 0 Å². The fraction of sp³-hybridized carbons (Fsp3) is 0.429. The smallest absolute Gasteiger partial charge is 0.230 e. The number of thiophene rings is 1. The minimum Gasteiger partial charge on any atom is -0.335 e. The van der Waals surface area contributed by atoms with Gasteiger partial charge in [0.05, 0.1) is 18.0 Å². The second-order valence-corrected chi connectivity index (χ2v) is 6.92. The molecule has 0 aromatic carbocycles. The second kappa shape index (κ2) is 6.24. The van der Waals surface area contributed by atoms with Crippen LogP contribution in [0.1, 0.15) is 29.1 Å². The number of aromatic nitrogens is 1. The first-order valence-corrected chi connectivity index (χ1v) is 8.91. The van der Waals surface area contributed by atoms with Crippen LogP contribution >= 0.6 is 34.3 Å². The summed E-state index contributed by atoms with van der Waals surface area (Å²) in [4.78, 5) is 18.9. The first-order valence-electron chi connectivity index (χ1n) is 6.56. The van der Waals surface area contributed by atoms with E-state index in [1.165, 1.54) is 16.9 Å². The molecular weight excluding hydrogens is 312 g/mol. The van der Waals surface area contributed by atoms with Crippen LogP contribution in [0, 0.1) is 0 Å². The van der Waals surface area contributed by atoms with Gasteiger partial charge in [-0.3, -0.25) is 4.79 Å². The topological polar surface area (TPSA) is 33.2 Å². The molecule has 106 valence electrons. The molecule has 0 bridgehead atoms. The van der Waals surface area contributed by atoms with E-state index in [9.17, 15) is 4.79 Å². The number of hydrogen-bond donors (Lipinski definition) is 0. The van der Waals surface area contributed by atoms with E-state index in [0.29, 0.717) is 18.3 Å². The SMILES string of the molecule is O=C(Cc1nc(CCl)cs1)N(Cc1ccsc1)C1CC1. The van der Waals surface area contributed by atoms with E-state index in [1.807, 2.05) is 10.3 Å². The van der Waals surface area contributed by atoms with Crippen molar-refractivity contribution in [3.05, 3.63) is 38.5 Å². The highest BCUT2D eigenvalue weighted by molar-refractivity contribution is 7.09. The lowest BCUT2D eigenvalue weighted by atomic mass is 10.2. The number of amides is 1. The molecule has 0 unspecified atom stereocenters. The Bertz CT molecular complexity index is 578. The van der Waals surface area contributed by atoms with Crippen molar-refractivity contribution in [3.8, 4) is 0 Å².